The van der Waals surface area contributed by atoms with Gasteiger partial charge in [-0.1, -0.05) is 6.92 Å². The molecule has 1 aliphatic carbocycles. The lowest BCUT2D eigenvalue weighted by molar-refractivity contribution is -0.0262. The van der Waals surface area contributed by atoms with Crippen molar-refractivity contribution in [3.05, 3.63) is 0 Å². The molecule has 0 amide bonds. The molecule has 16 heavy (non-hydrogen) atoms. The smallest absolute Gasteiger partial charge is 0.0826 e. The van der Waals surface area contributed by atoms with Gasteiger partial charge in [0.1, 0.15) is 0 Å². The number of nitrogens with zero attached hydrogens (tertiary/aromatic N) is 1. The molecule has 3 unspecified atom stereocenters. The van der Waals surface area contributed by atoms with Crippen molar-refractivity contribution in [1.29, 1.82) is 0 Å². The van der Waals surface area contributed by atoms with Crippen LogP contribution in [0.5, 0.6) is 0 Å². The maximum atomic E-state index is 5.90. The summed E-state index contributed by atoms with van der Waals surface area (Å²) in [5.74, 6) is 0. The molecule has 0 aromatic heterocycles. The highest BCUT2D eigenvalue weighted by molar-refractivity contribution is 4.84. The highest BCUT2D eigenvalue weighted by Crippen LogP contribution is 2.17. The van der Waals surface area contributed by atoms with Crippen LogP contribution in [-0.2, 0) is 4.74 Å². The van der Waals surface area contributed by atoms with E-state index in [1.54, 1.807) is 0 Å². The fourth-order valence-corrected chi connectivity index (χ4v) is 2.69. The quantitative estimate of drug-likeness (QED) is 0.719. The molecule has 0 bridgehead atoms. The maximum Gasteiger partial charge on any atom is 0.0826 e. The third kappa shape index (κ3) is 3.42. The molecule has 2 rings (SSSR count). The number of likely N-dealkylation sites (N-methyl/N-ethyl adjacent to an activating group) is 1. The van der Waals surface area contributed by atoms with Crippen molar-refractivity contribution in [3.8, 4) is 0 Å². The second-order valence-electron chi connectivity index (χ2n) is 5.06. The highest BCUT2D eigenvalue weighted by Gasteiger charge is 2.24. The summed E-state index contributed by atoms with van der Waals surface area (Å²) >= 11 is 0. The lowest BCUT2D eigenvalue weighted by Gasteiger charge is -2.32. The number of nitrogens with two attached hydrogens (primary N) is 1. The Labute approximate surface area is 98.5 Å². The van der Waals surface area contributed by atoms with Gasteiger partial charge in [-0.25, -0.2) is 0 Å². The van der Waals surface area contributed by atoms with E-state index >= 15 is 0 Å². The lowest BCUT2D eigenvalue weighted by Crippen LogP contribution is -2.47. The van der Waals surface area contributed by atoms with Gasteiger partial charge in [0, 0.05) is 31.7 Å². The molecule has 2 aliphatic rings. The van der Waals surface area contributed by atoms with Gasteiger partial charge in [0.25, 0.3) is 0 Å². The Morgan fingerprint density at radius 2 is 2.31 bits per heavy atom. The standard InChI is InChI=1S/C12H25N3O/c1-2-15-5-6-16-12(9-15)8-14-11-4-3-10(13)7-11/h10-12,14H,2-9,13H2,1H3. The Morgan fingerprint density at radius 1 is 1.44 bits per heavy atom. The van der Waals surface area contributed by atoms with Crippen LogP contribution in [-0.4, -0.2) is 55.9 Å². The lowest BCUT2D eigenvalue weighted by atomic mass is 10.2. The highest BCUT2D eigenvalue weighted by atomic mass is 16.5. The predicted molar refractivity (Wildman–Crippen MR) is 65.5 cm³/mol. The summed E-state index contributed by atoms with van der Waals surface area (Å²) in [6.07, 6.45) is 3.89. The molecule has 0 aromatic carbocycles. The van der Waals surface area contributed by atoms with Gasteiger partial charge < -0.3 is 15.8 Å². The second-order valence-corrected chi connectivity index (χ2v) is 5.06. The van der Waals surface area contributed by atoms with Crippen LogP contribution in [0.1, 0.15) is 26.2 Å². The van der Waals surface area contributed by atoms with Gasteiger partial charge in [-0.15, -0.1) is 0 Å². The summed E-state index contributed by atoms with van der Waals surface area (Å²) in [6, 6.07) is 1.03. The topological polar surface area (TPSA) is 50.5 Å². The largest absolute Gasteiger partial charge is 0.374 e. The molecule has 4 heteroatoms. The van der Waals surface area contributed by atoms with Crippen LogP contribution >= 0.6 is 0 Å². The summed E-state index contributed by atoms with van der Waals surface area (Å²) < 4.78 is 5.76. The van der Waals surface area contributed by atoms with Crippen molar-refractivity contribution in [1.82, 2.24) is 10.2 Å². The van der Waals surface area contributed by atoms with Crippen LogP contribution in [0.25, 0.3) is 0 Å². The van der Waals surface area contributed by atoms with Gasteiger partial charge in [0.15, 0.2) is 0 Å². The number of ether oxygens (including phenoxy) is 1. The third-order valence-electron chi connectivity index (χ3n) is 3.78. The first-order chi connectivity index (χ1) is 7.78. The fourth-order valence-electron chi connectivity index (χ4n) is 2.69. The number of morpholine rings is 1. The molecule has 1 saturated heterocycles. The van der Waals surface area contributed by atoms with Crippen molar-refractivity contribution >= 4 is 0 Å². The Kier molecular flexibility index (Phi) is 4.58. The molecule has 0 spiro atoms. The minimum atomic E-state index is 0.366. The van der Waals surface area contributed by atoms with Crippen molar-refractivity contribution in [2.75, 3.05) is 32.8 Å². The molecular formula is C12H25N3O. The van der Waals surface area contributed by atoms with Gasteiger partial charge in [-0.2, -0.15) is 0 Å². The van der Waals surface area contributed by atoms with E-state index in [4.69, 9.17) is 10.5 Å². The summed E-state index contributed by atoms with van der Waals surface area (Å²) in [7, 11) is 0. The van der Waals surface area contributed by atoms with Crippen LogP contribution in [0.3, 0.4) is 0 Å². The predicted octanol–water partition coefficient (Wildman–Crippen LogP) is 0.177. The van der Waals surface area contributed by atoms with Crippen molar-refractivity contribution in [2.45, 2.75) is 44.4 Å². The first kappa shape index (κ1) is 12.3. The van der Waals surface area contributed by atoms with E-state index in [2.05, 4.69) is 17.1 Å². The summed E-state index contributed by atoms with van der Waals surface area (Å²) in [6.45, 7) is 7.36. The van der Waals surface area contributed by atoms with Crippen LogP contribution in [0.4, 0.5) is 0 Å². The zero-order valence-corrected chi connectivity index (χ0v) is 10.3. The van der Waals surface area contributed by atoms with Crippen LogP contribution in [0.15, 0.2) is 0 Å². The molecule has 1 heterocycles. The van der Waals surface area contributed by atoms with E-state index < -0.39 is 0 Å². The van der Waals surface area contributed by atoms with Gasteiger partial charge in [-0.05, 0) is 25.8 Å². The second kappa shape index (κ2) is 5.96. The molecule has 3 N–H and O–H groups in total. The van der Waals surface area contributed by atoms with Crippen molar-refractivity contribution < 1.29 is 4.74 Å². The minimum absolute atomic E-state index is 0.366. The number of rotatable bonds is 4. The molecule has 0 aromatic rings. The maximum absolute atomic E-state index is 5.90. The number of nitrogens with one attached hydrogen (secondary N) is 1. The van der Waals surface area contributed by atoms with Gasteiger partial charge in [0.05, 0.1) is 12.7 Å². The first-order valence-corrected chi connectivity index (χ1v) is 6.61. The molecular weight excluding hydrogens is 202 g/mol. The Morgan fingerprint density at radius 3 is 3.00 bits per heavy atom. The average Bonchev–Trinajstić information content (AvgIpc) is 2.73. The van der Waals surface area contributed by atoms with Crippen LogP contribution in [0, 0.1) is 0 Å². The Balaban J connectivity index is 1.65. The zero-order chi connectivity index (χ0) is 11.4. The van der Waals surface area contributed by atoms with Gasteiger partial charge in [-0.3, -0.25) is 4.90 Å². The molecule has 94 valence electrons. The molecule has 1 saturated carbocycles. The van der Waals surface area contributed by atoms with Gasteiger partial charge in [0.2, 0.25) is 0 Å². The molecule has 3 atom stereocenters. The van der Waals surface area contributed by atoms with E-state index in [-0.39, 0.29) is 0 Å². The molecule has 0 radical (unpaired) electrons. The fraction of sp³-hybridized carbons (Fsp3) is 1.00. The first-order valence-electron chi connectivity index (χ1n) is 6.61. The summed E-state index contributed by atoms with van der Waals surface area (Å²) in [4.78, 5) is 2.45. The monoisotopic (exact) mass is 227 g/mol. The number of hydrogen-bond acceptors (Lipinski definition) is 4. The van der Waals surface area contributed by atoms with E-state index in [1.807, 2.05) is 0 Å². The summed E-state index contributed by atoms with van der Waals surface area (Å²) in [5, 5.41) is 3.59. The Bertz CT molecular complexity index is 212. The normalized spacial score (nSPS) is 36.8. The average molecular weight is 227 g/mol. The summed E-state index contributed by atoms with van der Waals surface area (Å²) in [5.41, 5.74) is 5.90. The molecule has 2 fully saturated rings. The van der Waals surface area contributed by atoms with E-state index in [1.165, 1.54) is 12.8 Å². The molecule has 4 nitrogen and oxygen atoms in total. The van der Waals surface area contributed by atoms with Gasteiger partial charge >= 0.3 is 0 Å². The minimum Gasteiger partial charge on any atom is -0.374 e. The Hall–Kier alpha value is -0.160. The van der Waals surface area contributed by atoms with Crippen molar-refractivity contribution in [3.63, 3.8) is 0 Å². The zero-order valence-electron chi connectivity index (χ0n) is 10.3. The van der Waals surface area contributed by atoms with E-state index in [9.17, 15) is 0 Å². The third-order valence-corrected chi connectivity index (χ3v) is 3.78. The number of hydrogen-bond donors (Lipinski definition) is 2. The van der Waals surface area contributed by atoms with Crippen LogP contribution in [0.2, 0.25) is 0 Å². The van der Waals surface area contributed by atoms with Crippen molar-refractivity contribution in [2.24, 2.45) is 5.73 Å². The molecule has 1 aliphatic heterocycles. The SMILES string of the molecule is CCN1CCOC(CNC2CCC(N)C2)C1. The van der Waals surface area contributed by atoms with Crippen LogP contribution < -0.4 is 11.1 Å². The van der Waals surface area contributed by atoms with E-state index in [0.29, 0.717) is 18.2 Å². The van der Waals surface area contributed by atoms with E-state index in [0.717, 1.165) is 39.2 Å².